The zero-order valence-electron chi connectivity index (χ0n) is 12.9. The van der Waals surface area contributed by atoms with E-state index in [1.54, 1.807) is 36.0 Å². The number of carbonyl (C=O) groups excluding carboxylic acids is 1. The average Bonchev–Trinajstić information content (AvgIpc) is 2.58. The number of carboxylic acid groups (broad SMARTS) is 1. The number of thioether (sulfide) groups is 1. The Kier molecular flexibility index (Phi) is 4.57. The Balaban J connectivity index is 1.81. The summed E-state index contributed by atoms with van der Waals surface area (Å²) >= 11 is 1.67. The summed E-state index contributed by atoms with van der Waals surface area (Å²) in [6.45, 7) is -0.251. The molecule has 8 heteroatoms. The molecule has 0 bridgehead atoms. The molecule has 126 valence electrons. The maximum Gasteiger partial charge on any atom is 0.329 e. The van der Waals surface area contributed by atoms with Gasteiger partial charge in [0, 0.05) is 0 Å². The van der Waals surface area contributed by atoms with Crippen LogP contribution in [0, 0.1) is 0 Å². The van der Waals surface area contributed by atoms with Gasteiger partial charge in [0.1, 0.15) is 12.1 Å². The largest absolute Gasteiger partial charge is 0.480 e. The number of para-hydroxylation sites is 1. The maximum absolute atomic E-state index is 12.4. The van der Waals surface area contributed by atoms with Crippen LogP contribution in [-0.2, 0) is 16.1 Å². The molecule has 2 heterocycles. The number of aliphatic carboxylic acids is 1. The fourth-order valence-corrected chi connectivity index (χ4v) is 3.98. The monoisotopic (exact) mass is 347 g/mol. The molecule has 0 atom stereocenters. The van der Waals surface area contributed by atoms with E-state index < -0.39 is 17.4 Å². The van der Waals surface area contributed by atoms with Gasteiger partial charge in [0.2, 0.25) is 5.91 Å². The highest BCUT2D eigenvalue weighted by molar-refractivity contribution is 7.99. The van der Waals surface area contributed by atoms with Crippen LogP contribution in [0.4, 0.5) is 0 Å². The number of hydrogen-bond acceptors (Lipinski definition) is 5. The molecule has 7 nitrogen and oxygen atoms in total. The second-order valence-corrected chi connectivity index (χ2v) is 6.97. The molecule has 3 rings (SSSR count). The van der Waals surface area contributed by atoms with E-state index in [-0.39, 0.29) is 12.1 Å². The lowest BCUT2D eigenvalue weighted by molar-refractivity contribution is -0.148. The van der Waals surface area contributed by atoms with E-state index >= 15 is 0 Å². The number of hydrogen-bond donors (Lipinski definition) is 2. The molecule has 2 aromatic rings. The second-order valence-electron chi connectivity index (χ2n) is 5.74. The van der Waals surface area contributed by atoms with Crippen molar-refractivity contribution in [3.63, 3.8) is 0 Å². The summed E-state index contributed by atoms with van der Waals surface area (Å²) < 4.78 is 1.20. The van der Waals surface area contributed by atoms with Crippen LogP contribution in [0.25, 0.3) is 10.9 Å². The van der Waals surface area contributed by atoms with Crippen LogP contribution in [0.2, 0.25) is 0 Å². The van der Waals surface area contributed by atoms with Gasteiger partial charge in [-0.1, -0.05) is 12.1 Å². The van der Waals surface area contributed by atoms with E-state index in [0.717, 1.165) is 0 Å². The van der Waals surface area contributed by atoms with Gasteiger partial charge in [-0.25, -0.2) is 9.78 Å². The predicted octanol–water partition coefficient (Wildman–Crippen LogP) is 0.863. The Bertz CT molecular complexity index is 843. The van der Waals surface area contributed by atoms with Crippen molar-refractivity contribution >= 4 is 34.5 Å². The minimum Gasteiger partial charge on any atom is -0.480 e. The molecule has 0 spiro atoms. The highest BCUT2D eigenvalue weighted by Gasteiger charge is 2.41. The van der Waals surface area contributed by atoms with Gasteiger partial charge >= 0.3 is 5.97 Å². The van der Waals surface area contributed by atoms with Gasteiger partial charge in [0.05, 0.1) is 17.2 Å². The van der Waals surface area contributed by atoms with Crippen molar-refractivity contribution in [2.45, 2.75) is 24.9 Å². The van der Waals surface area contributed by atoms with Crippen LogP contribution >= 0.6 is 11.8 Å². The number of carbonyl (C=O) groups is 2. The number of fused-ring (bicyclic) bond motifs is 1. The molecule has 0 unspecified atom stereocenters. The SMILES string of the molecule is O=C(Cn1cnc2ccccc2c1=O)NC1(C(=O)O)CCSCC1. The lowest BCUT2D eigenvalue weighted by Crippen LogP contribution is -2.57. The van der Waals surface area contributed by atoms with Crippen LogP contribution in [0.1, 0.15) is 12.8 Å². The zero-order chi connectivity index (χ0) is 17.2. The van der Waals surface area contributed by atoms with Gasteiger partial charge in [-0.3, -0.25) is 14.2 Å². The molecular weight excluding hydrogens is 330 g/mol. The molecule has 1 aromatic carbocycles. The van der Waals surface area contributed by atoms with Gasteiger partial charge < -0.3 is 10.4 Å². The summed E-state index contributed by atoms with van der Waals surface area (Å²) in [4.78, 5) is 40.5. The normalized spacial score (nSPS) is 16.7. The highest BCUT2D eigenvalue weighted by atomic mass is 32.2. The lowest BCUT2D eigenvalue weighted by Gasteiger charge is -2.33. The lowest BCUT2D eigenvalue weighted by atomic mass is 9.92. The first-order valence-corrected chi connectivity index (χ1v) is 8.74. The molecule has 0 aliphatic carbocycles. The van der Waals surface area contributed by atoms with Crippen LogP contribution < -0.4 is 10.9 Å². The Morgan fingerprint density at radius 3 is 2.71 bits per heavy atom. The van der Waals surface area contributed by atoms with Crippen LogP contribution in [-0.4, -0.2) is 43.6 Å². The molecule has 1 saturated heterocycles. The van der Waals surface area contributed by atoms with E-state index in [1.165, 1.54) is 10.9 Å². The van der Waals surface area contributed by atoms with E-state index in [0.29, 0.717) is 35.3 Å². The molecule has 1 fully saturated rings. The van der Waals surface area contributed by atoms with Gasteiger partial charge in [0.25, 0.3) is 5.56 Å². The fourth-order valence-electron chi connectivity index (χ4n) is 2.79. The Morgan fingerprint density at radius 1 is 1.29 bits per heavy atom. The van der Waals surface area contributed by atoms with Crippen molar-refractivity contribution in [2.75, 3.05) is 11.5 Å². The fraction of sp³-hybridized carbons (Fsp3) is 0.375. The van der Waals surface area contributed by atoms with Crippen molar-refractivity contribution in [2.24, 2.45) is 0 Å². The quantitative estimate of drug-likeness (QED) is 0.851. The summed E-state index contributed by atoms with van der Waals surface area (Å²) in [7, 11) is 0. The van der Waals surface area contributed by atoms with Gasteiger partial charge in [0.15, 0.2) is 0 Å². The maximum atomic E-state index is 12.4. The van der Waals surface area contributed by atoms with Crippen LogP contribution in [0.15, 0.2) is 35.4 Å². The minimum absolute atomic E-state index is 0.251. The zero-order valence-corrected chi connectivity index (χ0v) is 13.7. The molecule has 1 aromatic heterocycles. The van der Waals surface area contributed by atoms with Crippen molar-refractivity contribution in [3.8, 4) is 0 Å². The first-order chi connectivity index (χ1) is 11.5. The molecule has 24 heavy (non-hydrogen) atoms. The smallest absolute Gasteiger partial charge is 0.329 e. The average molecular weight is 347 g/mol. The standard InChI is InChI=1S/C16H17N3O4S/c20-13(18-16(15(22)23)5-7-24-8-6-16)9-19-10-17-12-4-2-1-3-11(12)14(19)21/h1-4,10H,5-9H2,(H,18,20)(H,22,23). The third kappa shape index (κ3) is 3.14. The molecule has 0 saturated carbocycles. The van der Waals surface area contributed by atoms with Crippen molar-refractivity contribution in [1.29, 1.82) is 0 Å². The number of aromatic nitrogens is 2. The summed E-state index contributed by atoms with van der Waals surface area (Å²) in [5.74, 6) is -0.155. The first kappa shape index (κ1) is 16.5. The Labute approximate surface area is 142 Å². The van der Waals surface area contributed by atoms with Gasteiger partial charge in [-0.15, -0.1) is 0 Å². The summed E-state index contributed by atoms with van der Waals surface area (Å²) in [6.07, 6.45) is 2.07. The summed E-state index contributed by atoms with van der Waals surface area (Å²) in [5.41, 5.74) is -0.999. The Hall–Kier alpha value is -2.35. The number of nitrogens with zero attached hydrogens (tertiary/aromatic N) is 2. The van der Waals surface area contributed by atoms with Crippen molar-refractivity contribution < 1.29 is 14.7 Å². The summed E-state index contributed by atoms with van der Waals surface area (Å²) in [5, 5.41) is 12.5. The topological polar surface area (TPSA) is 101 Å². The number of benzene rings is 1. The van der Waals surface area contributed by atoms with Crippen molar-refractivity contribution in [1.82, 2.24) is 14.9 Å². The van der Waals surface area contributed by atoms with E-state index in [9.17, 15) is 19.5 Å². The summed E-state index contributed by atoms with van der Waals surface area (Å²) in [6, 6.07) is 6.88. The highest BCUT2D eigenvalue weighted by Crippen LogP contribution is 2.27. The second kappa shape index (κ2) is 6.64. The molecule has 1 aliphatic rings. The van der Waals surface area contributed by atoms with E-state index in [1.807, 2.05) is 0 Å². The van der Waals surface area contributed by atoms with Crippen LogP contribution in [0.3, 0.4) is 0 Å². The number of amides is 1. The molecule has 2 N–H and O–H groups in total. The van der Waals surface area contributed by atoms with Crippen LogP contribution in [0.5, 0.6) is 0 Å². The molecule has 0 radical (unpaired) electrons. The number of nitrogens with one attached hydrogen (secondary N) is 1. The minimum atomic E-state index is -1.24. The van der Waals surface area contributed by atoms with E-state index in [4.69, 9.17) is 0 Å². The molecule has 1 aliphatic heterocycles. The number of carboxylic acids is 1. The Morgan fingerprint density at radius 2 is 2.00 bits per heavy atom. The molecule has 1 amide bonds. The van der Waals surface area contributed by atoms with Gasteiger partial charge in [-0.2, -0.15) is 11.8 Å². The third-order valence-electron chi connectivity index (χ3n) is 4.18. The van der Waals surface area contributed by atoms with E-state index in [2.05, 4.69) is 10.3 Å². The van der Waals surface area contributed by atoms with Crippen molar-refractivity contribution in [3.05, 3.63) is 40.9 Å². The third-order valence-corrected chi connectivity index (χ3v) is 5.17. The predicted molar refractivity (Wildman–Crippen MR) is 91.1 cm³/mol. The first-order valence-electron chi connectivity index (χ1n) is 7.58. The number of rotatable bonds is 4. The molecular formula is C16H17N3O4S. The van der Waals surface area contributed by atoms with Gasteiger partial charge in [-0.05, 0) is 36.5 Å².